The first-order valence-corrected chi connectivity index (χ1v) is 8.58. The SMILES string of the molecule is C=C(c1c[nH]c2ccccc12)C(Nc1cccc(O)c1)c1ccccc1. The number of anilines is 1. The van der Waals surface area contributed by atoms with Crippen molar-refractivity contribution in [1.82, 2.24) is 4.98 Å². The highest BCUT2D eigenvalue weighted by Gasteiger charge is 2.19. The number of benzene rings is 3. The van der Waals surface area contributed by atoms with Crippen molar-refractivity contribution in [3.05, 3.63) is 103 Å². The zero-order chi connectivity index (χ0) is 17.9. The maximum atomic E-state index is 9.79. The molecular formula is C23H20N2O. The molecule has 3 nitrogen and oxygen atoms in total. The third-order valence-corrected chi connectivity index (χ3v) is 4.57. The van der Waals surface area contributed by atoms with E-state index in [1.54, 1.807) is 12.1 Å². The number of fused-ring (bicyclic) bond motifs is 1. The van der Waals surface area contributed by atoms with Crippen molar-refractivity contribution in [1.29, 1.82) is 0 Å². The summed E-state index contributed by atoms with van der Waals surface area (Å²) >= 11 is 0. The molecule has 3 N–H and O–H groups in total. The molecular weight excluding hydrogens is 320 g/mol. The molecule has 3 aromatic carbocycles. The average Bonchev–Trinajstić information content (AvgIpc) is 3.10. The maximum Gasteiger partial charge on any atom is 0.117 e. The molecule has 0 aliphatic rings. The zero-order valence-corrected chi connectivity index (χ0v) is 14.3. The van der Waals surface area contributed by atoms with E-state index < -0.39 is 0 Å². The van der Waals surface area contributed by atoms with Gasteiger partial charge in [0.05, 0.1) is 6.04 Å². The van der Waals surface area contributed by atoms with E-state index in [9.17, 15) is 5.11 Å². The second-order valence-corrected chi connectivity index (χ2v) is 6.31. The molecule has 0 fully saturated rings. The van der Waals surface area contributed by atoms with Crippen molar-refractivity contribution < 1.29 is 5.11 Å². The van der Waals surface area contributed by atoms with Crippen LogP contribution in [0.25, 0.3) is 16.5 Å². The Bertz CT molecular complexity index is 1050. The van der Waals surface area contributed by atoms with Crippen LogP contribution < -0.4 is 5.32 Å². The molecule has 0 saturated heterocycles. The third kappa shape index (κ3) is 3.07. The number of para-hydroxylation sites is 1. The fraction of sp³-hybridized carbons (Fsp3) is 0.0435. The van der Waals surface area contributed by atoms with Crippen LogP contribution in [0.1, 0.15) is 17.2 Å². The average molecular weight is 340 g/mol. The number of H-pyrrole nitrogens is 1. The molecule has 26 heavy (non-hydrogen) atoms. The van der Waals surface area contributed by atoms with Gasteiger partial charge in [-0.25, -0.2) is 0 Å². The lowest BCUT2D eigenvalue weighted by atomic mass is 9.93. The lowest BCUT2D eigenvalue weighted by Gasteiger charge is -2.23. The second-order valence-electron chi connectivity index (χ2n) is 6.31. The molecule has 0 bridgehead atoms. The molecule has 0 radical (unpaired) electrons. The number of phenols is 1. The number of aromatic hydroxyl groups is 1. The summed E-state index contributed by atoms with van der Waals surface area (Å²) in [6, 6.07) is 25.5. The van der Waals surface area contributed by atoms with Crippen LogP contribution in [0.15, 0.2) is 91.6 Å². The first kappa shape index (κ1) is 16.0. The van der Waals surface area contributed by atoms with Gasteiger partial charge in [-0.2, -0.15) is 0 Å². The van der Waals surface area contributed by atoms with Crippen LogP contribution in [-0.4, -0.2) is 10.1 Å². The van der Waals surface area contributed by atoms with Gasteiger partial charge in [0.1, 0.15) is 5.75 Å². The number of aromatic amines is 1. The Balaban J connectivity index is 1.76. The molecule has 4 rings (SSSR count). The Hall–Kier alpha value is -3.46. The Kier molecular flexibility index (Phi) is 4.20. The predicted octanol–water partition coefficient (Wildman–Crippen LogP) is 5.74. The van der Waals surface area contributed by atoms with Crippen molar-refractivity contribution in [2.45, 2.75) is 6.04 Å². The van der Waals surface area contributed by atoms with Crippen LogP contribution in [-0.2, 0) is 0 Å². The van der Waals surface area contributed by atoms with Crippen LogP contribution in [0.3, 0.4) is 0 Å². The van der Waals surface area contributed by atoms with Gasteiger partial charge >= 0.3 is 0 Å². The highest BCUT2D eigenvalue weighted by atomic mass is 16.3. The van der Waals surface area contributed by atoms with Crippen LogP contribution >= 0.6 is 0 Å². The topological polar surface area (TPSA) is 48.0 Å². The molecule has 128 valence electrons. The summed E-state index contributed by atoms with van der Waals surface area (Å²) in [5, 5.41) is 14.5. The molecule has 0 saturated carbocycles. The summed E-state index contributed by atoms with van der Waals surface area (Å²) in [5.41, 5.74) is 5.11. The minimum atomic E-state index is -0.114. The number of nitrogens with one attached hydrogen (secondary N) is 2. The van der Waals surface area contributed by atoms with E-state index in [1.807, 2.05) is 48.7 Å². The monoisotopic (exact) mass is 340 g/mol. The summed E-state index contributed by atoms with van der Waals surface area (Å²) in [4.78, 5) is 3.32. The Labute approximate surface area is 152 Å². The molecule has 3 heteroatoms. The first-order chi connectivity index (χ1) is 12.7. The van der Waals surface area contributed by atoms with Crippen LogP contribution in [0.4, 0.5) is 5.69 Å². The minimum Gasteiger partial charge on any atom is -0.508 e. The molecule has 1 atom stereocenters. The van der Waals surface area contributed by atoms with Crippen LogP contribution in [0, 0.1) is 0 Å². The minimum absolute atomic E-state index is 0.114. The van der Waals surface area contributed by atoms with E-state index in [0.717, 1.165) is 33.3 Å². The lowest BCUT2D eigenvalue weighted by Crippen LogP contribution is -2.12. The fourth-order valence-electron chi connectivity index (χ4n) is 3.27. The van der Waals surface area contributed by atoms with Gasteiger partial charge in [-0.15, -0.1) is 0 Å². The lowest BCUT2D eigenvalue weighted by molar-refractivity contribution is 0.475. The van der Waals surface area contributed by atoms with E-state index in [2.05, 4.69) is 41.1 Å². The number of phenolic OH excluding ortho intramolecular Hbond substituents is 1. The predicted molar refractivity (Wildman–Crippen MR) is 108 cm³/mol. The maximum absolute atomic E-state index is 9.79. The van der Waals surface area contributed by atoms with E-state index in [1.165, 1.54) is 0 Å². The van der Waals surface area contributed by atoms with Crippen molar-refractivity contribution in [3.8, 4) is 5.75 Å². The summed E-state index contributed by atoms with van der Waals surface area (Å²) in [5.74, 6) is 0.236. The largest absolute Gasteiger partial charge is 0.508 e. The highest BCUT2D eigenvalue weighted by molar-refractivity contribution is 5.93. The van der Waals surface area contributed by atoms with Gasteiger partial charge in [-0.1, -0.05) is 61.2 Å². The zero-order valence-electron chi connectivity index (χ0n) is 14.3. The smallest absolute Gasteiger partial charge is 0.117 e. The molecule has 0 spiro atoms. The van der Waals surface area contributed by atoms with Gasteiger partial charge < -0.3 is 15.4 Å². The van der Waals surface area contributed by atoms with Crippen molar-refractivity contribution in [3.63, 3.8) is 0 Å². The van der Waals surface area contributed by atoms with Crippen LogP contribution in [0.5, 0.6) is 5.75 Å². The summed E-state index contributed by atoms with van der Waals surface area (Å²) in [6.45, 7) is 4.40. The Morgan fingerprint density at radius 3 is 2.50 bits per heavy atom. The van der Waals surface area contributed by atoms with Gasteiger partial charge in [-0.05, 0) is 29.3 Å². The number of hydrogen-bond acceptors (Lipinski definition) is 2. The third-order valence-electron chi connectivity index (χ3n) is 4.57. The molecule has 1 heterocycles. The molecule has 1 aromatic heterocycles. The first-order valence-electron chi connectivity index (χ1n) is 8.58. The Morgan fingerprint density at radius 1 is 0.923 bits per heavy atom. The molecule has 0 aliphatic heterocycles. The van der Waals surface area contributed by atoms with Gasteiger partial charge in [0.25, 0.3) is 0 Å². The summed E-state index contributed by atoms with van der Waals surface area (Å²) in [6.07, 6.45) is 2.01. The highest BCUT2D eigenvalue weighted by Crippen LogP contribution is 2.35. The van der Waals surface area contributed by atoms with E-state index in [4.69, 9.17) is 0 Å². The van der Waals surface area contributed by atoms with E-state index in [-0.39, 0.29) is 11.8 Å². The van der Waals surface area contributed by atoms with E-state index >= 15 is 0 Å². The van der Waals surface area contributed by atoms with Gasteiger partial charge in [0.15, 0.2) is 0 Å². The number of hydrogen-bond donors (Lipinski definition) is 3. The fourth-order valence-corrected chi connectivity index (χ4v) is 3.27. The van der Waals surface area contributed by atoms with Crippen LogP contribution in [0.2, 0.25) is 0 Å². The van der Waals surface area contributed by atoms with Crippen molar-refractivity contribution in [2.75, 3.05) is 5.32 Å². The van der Waals surface area contributed by atoms with Crippen molar-refractivity contribution >= 4 is 22.2 Å². The molecule has 0 aliphatic carbocycles. The van der Waals surface area contributed by atoms with Gasteiger partial charge in [0.2, 0.25) is 0 Å². The van der Waals surface area contributed by atoms with Gasteiger partial charge in [0, 0.05) is 34.4 Å². The standard InChI is InChI=1S/C23H20N2O/c1-16(21-15-24-22-13-6-5-12-20(21)22)23(17-8-3-2-4-9-17)25-18-10-7-11-19(26)14-18/h2-15,23-26H,1H2. The molecule has 0 amide bonds. The number of aromatic nitrogens is 1. The summed E-state index contributed by atoms with van der Waals surface area (Å²) < 4.78 is 0. The molecule has 4 aromatic rings. The quantitative estimate of drug-likeness (QED) is 0.434. The van der Waals surface area contributed by atoms with E-state index in [0.29, 0.717) is 0 Å². The second kappa shape index (κ2) is 6.81. The molecule has 1 unspecified atom stereocenters. The normalized spacial score (nSPS) is 12.0. The summed E-state index contributed by atoms with van der Waals surface area (Å²) in [7, 11) is 0. The van der Waals surface area contributed by atoms with Gasteiger partial charge in [-0.3, -0.25) is 0 Å². The van der Waals surface area contributed by atoms with Crippen molar-refractivity contribution in [2.24, 2.45) is 0 Å². The number of rotatable bonds is 5. The Morgan fingerprint density at radius 2 is 1.69 bits per heavy atom.